The molecule has 2 N–H and O–H groups in total. The highest BCUT2D eigenvalue weighted by molar-refractivity contribution is 5.88. The van der Waals surface area contributed by atoms with Gasteiger partial charge in [-0.15, -0.1) is 0 Å². The first-order valence-electron chi connectivity index (χ1n) is 9.16. The fraction of sp³-hybridized carbons (Fsp3) is 0.650. The summed E-state index contributed by atoms with van der Waals surface area (Å²) in [6.45, 7) is 5.52. The lowest BCUT2D eigenvalue weighted by molar-refractivity contribution is -0.127. The van der Waals surface area contributed by atoms with Crippen LogP contribution in [0.3, 0.4) is 0 Å². The Hall–Kier alpha value is -1.39. The summed E-state index contributed by atoms with van der Waals surface area (Å²) in [7, 11) is 1.75. The molecule has 0 radical (unpaired) electrons. The molecule has 1 heterocycles. The molecule has 0 bridgehead atoms. The van der Waals surface area contributed by atoms with Crippen molar-refractivity contribution < 1.29 is 9.53 Å². The molecule has 1 aliphatic heterocycles. The maximum Gasteiger partial charge on any atom is 0.230 e. The van der Waals surface area contributed by atoms with Crippen LogP contribution >= 0.6 is 0 Å². The van der Waals surface area contributed by atoms with Crippen LogP contribution < -0.4 is 10.6 Å². The highest BCUT2D eigenvalue weighted by Crippen LogP contribution is 2.37. The Morgan fingerprint density at radius 3 is 2.75 bits per heavy atom. The van der Waals surface area contributed by atoms with Gasteiger partial charge >= 0.3 is 0 Å². The predicted octanol–water partition coefficient (Wildman–Crippen LogP) is 2.41. The number of hydrogen-bond acceptors (Lipinski definition) is 3. The third kappa shape index (κ3) is 3.35. The Kier molecular flexibility index (Phi) is 5.26. The molecule has 0 spiro atoms. The first-order chi connectivity index (χ1) is 11.6. The second kappa shape index (κ2) is 7.24. The minimum atomic E-state index is -0.407. The lowest BCUT2D eigenvalue weighted by Crippen LogP contribution is -2.51. The van der Waals surface area contributed by atoms with Crippen LogP contribution in [0.1, 0.15) is 43.7 Å². The van der Waals surface area contributed by atoms with Crippen LogP contribution in [0.2, 0.25) is 0 Å². The Morgan fingerprint density at radius 2 is 2.00 bits per heavy atom. The van der Waals surface area contributed by atoms with E-state index in [1.807, 2.05) is 0 Å². The normalized spacial score (nSPS) is 25.8. The number of nitrogens with one attached hydrogen (secondary N) is 2. The highest BCUT2D eigenvalue weighted by Gasteiger charge is 2.40. The van der Waals surface area contributed by atoms with Gasteiger partial charge < -0.3 is 15.4 Å². The maximum absolute atomic E-state index is 13.1. The van der Waals surface area contributed by atoms with Crippen molar-refractivity contribution in [1.29, 1.82) is 0 Å². The van der Waals surface area contributed by atoms with Crippen molar-refractivity contribution in [3.8, 4) is 0 Å². The predicted molar refractivity (Wildman–Crippen MR) is 96.2 cm³/mol. The molecular weight excluding hydrogens is 300 g/mol. The lowest BCUT2D eigenvalue weighted by atomic mass is 9.70. The second-order valence-corrected chi connectivity index (χ2v) is 7.71. The molecular formula is C20H30N2O2. The molecule has 1 fully saturated rings. The molecule has 1 aliphatic carbocycles. The molecule has 2 aliphatic rings. The van der Waals surface area contributed by atoms with Crippen molar-refractivity contribution >= 4 is 5.91 Å². The topological polar surface area (TPSA) is 50.4 Å². The van der Waals surface area contributed by atoms with Gasteiger partial charge in [0.1, 0.15) is 0 Å². The largest absolute Gasteiger partial charge is 0.384 e. The number of hydrogen-bond donors (Lipinski definition) is 2. The zero-order valence-corrected chi connectivity index (χ0v) is 15.0. The Balaban J connectivity index is 1.73. The molecule has 3 rings (SSSR count). The van der Waals surface area contributed by atoms with Gasteiger partial charge in [-0.25, -0.2) is 0 Å². The van der Waals surface area contributed by atoms with E-state index in [4.69, 9.17) is 4.74 Å². The number of carbonyl (C=O) groups excluding carboxylic acids is 1. The van der Waals surface area contributed by atoms with Crippen LogP contribution in [0, 0.1) is 5.41 Å². The number of carbonyl (C=O) groups is 1. The van der Waals surface area contributed by atoms with E-state index >= 15 is 0 Å². The third-order valence-corrected chi connectivity index (χ3v) is 5.97. The van der Waals surface area contributed by atoms with Gasteiger partial charge in [0.2, 0.25) is 5.91 Å². The van der Waals surface area contributed by atoms with E-state index in [0.29, 0.717) is 13.2 Å². The highest BCUT2D eigenvalue weighted by atomic mass is 16.5. The molecule has 1 atom stereocenters. The summed E-state index contributed by atoms with van der Waals surface area (Å²) in [5, 5.41) is 6.68. The van der Waals surface area contributed by atoms with E-state index in [1.165, 1.54) is 11.1 Å². The zero-order chi connectivity index (χ0) is 17.0. The van der Waals surface area contributed by atoms with Crippen molar-refractivity contribution in [2.24, 2.45) is 5.41 Å². The Bertz CT molecular complexity index is 575. The van der Waals surface area contributed by atoms with Crippen LogP contribution in [0.4, 0.5) is 0 Å². The standard InChI is InChI=1S/C20H30N2O2/c1-19(9-5-7-16-6-3-4-8-17(16)19)18(23)22-14-20(15-24-2)10-12-21-13-11-20/h3-4,6,8,21H,5,7,9-15H2,1-2H3,(H,22,23). The van der Waals surface area contributed by atoms with Gasteiger partial charge in [0.15, 0.2) is 0 Å². The number of ether oxygens (including phenoxy) is 1. The van der Waals surface area contributed by atoms with Crippen LogP contribution in [-0.4, -0.2) is 39.3 Å². The monoisotopic (exact) mass is 330 g/mol. The Morgan fingerprint density at radius 1 is 1.25 bits per heavy atom. The molecule has 1 aromatic carbocycles. The average molecular weight is 330 g/mol. The number of rotatable bonds is 5. The zero-order valence-electron chi connectivity index (χ0n) is 15.0. The number of amides is 1. The van der Waals surface area contributed by atoms with E-state index in [1.54, 1.807) is 7.11 Å². The molecule has 132 valence electrons. The smallest absolute Gasteiger partial charge is 0.230 e. The Labute approximate surface area is 145 Å². The van der Waals surface area contributed by atoms with Gasteiger partial charge in [0.05, 0.1) is 12.0 Å². The van der Waals surface area contributed by atoms with Crippen LogP contribution in [0.15, 0.2) is 24.3 Å². The average Bonchev–Trinajstić information content (AvgIpc) is 2.61. The summed E-state index contributed by atoms with van der Waals surface area (Å²) in [6.07, 6.45) is 5.18. The summed E-state index contributed by atoms with van der Waals surface area (Å²) in [5.41, 5.74) is 2.20. The van der Waals surface area contributed by atoms with Gasteiger partial charge in [-0.3, -0.25) is 4.79 Å². The van der Waals surface area contributed by atoms with E-state index in [2.05, 4.69) is 41.8 Å². The van der Waals surface area contributed by atoms with Crippen molar-refractivity contribution in [1.82, 2.24) is 10.6 Å². The second-order valence-electron chi connectivity index (χ2n) is 7.71. The number of benzene rings is 1. The quantitative estimate of drug-likeness (QED) is 0.872. The van der Waals surface area contributed by atoms with E-state index in [0.717, 1.165) is 45.2 Å². The third-order valence-electron chi connectivity index (χ3n) is 5.97. The molecule has 0 saturated carbocycles. The van der Waals surface area contributed by atoms with Gasteiger partial charge in [0.25, 0.3) is 0 Å². The fourth-order valence-corrected chi connectivity index (χ4v) is 4.38. The first-order valence-corrected chi connectivity index (χ1v) is 9.16. The molecule has 1 aromatic rings. The van der Waals surface area contributed by atoms with Gasteiger partial charge in [0, 0.05) is 19.1 Å². The summed E-state index contributed by atoms with van der Waals surface area (Å²) in [5.74, 6) is 0.170. The van der Waals surface area contributed by atoms with Gasteiger partial charge in [-0.2, -0.15) is 0 Å². The van der Waals surface area contributed by atoms with Crippen molar-refractivity contribution in [2.75, 3.05) is 33.4 Å². The summed E-state index contributed by atoms with van der Waals surface area (Å²) >= 11 is 0. The first kappa shape index (κ1) is 17.4. The molecule has 24 heavy (non-hydrogen) atoms. The minimum absolute atomic E-state index is 0.0696. The summed E-state index contributed by atoms with van der Waals surface area (Å²) in [4.78, 5) is 13.1. The molecule has 4 nitrogen and oxygen atoms in total. The molecule has 0 aromatic heterocycles. The number of fused-ring (bicyclic) bond motifs is 1. The maximum atomic E-state index is 13.1. The number of piperidine rings is 1. The molecule has 4 heteroatoms. The van der Waals surface area contributed by atoms with Gasteiger partial charge in [-0.05, 0) is 63.2 Å². The summed E-state index contributed by atoms with van der Waals surface area (Å²) < 4.78 is 5.46. The van der Waals surface area contributed by atoms with Crippen LogP contribution in [0.25, 0.3) is 0 Å². The van der Waals surface area contributed by atoms with E-state index in [9.17, 15) is 4.79 Å². The number of methoxy groups -OCH3 is 1. The van der Waals surface area contributed by atoms with Crippen molar-refractivity contribution in [3.05, 3.63) is 35.4 Å². The van der Waals surface area contributed by atoms with E-state index in [-0.39, 0.29) is 11.3 Å². The van der Waals surface area contributed by atoms with E-state index < -0.39 is 5.41 Å². The molecule has 1 unspecified atom stereocenters. The van der Waals surface area contributed by atoms with Crippen molar-refractivity contribution in [3.63, 3.8) is 0 Å². The summed E-state index contributed by atoms with van der Waals surface area (Å²) in [6, 6.07) is 8.42. The fourth-order valence-electron chi connectivity index (χ4n) is 4.38. The van der Waals surface area contributed by atoms with Crippen molar-refractivity contribution in [2.45, 2.75) is 44.4 Å². The minimum Gasteiger partial charge on any atom is -0.384 e. The lowest BCUT2D eigenvalue weighted by Gasteiger charge is -2.39. The van der Waals surface area contributed by atoms with Crippen LogP contribution in [-0.2, 0) is 21.4 Å². The number of aryl methyl sites for hydroxylation is 1. The molecule has 1 saturated heterocycles. The molecule has 1 amide bonds. The SMILES string of the molecule is COCC1(CNC(=O)C2(C)CCCc3ccccc32)CCNCC1. The van der Waals surface area contributed by atoms with Crippen LogP contribution in [0.5, 0.6) is 0 Å². The van der Waals surface area contributed by atoms with Gasteiger partial charge in [-0.1, -0.05) is 24.3 Å².